The zero-order valence-electron chi connectivity index (χ0n) is 17.0. The third-order valence-electron chi connectivity index (χ3n) is 5.49. The lowest BCUT2D eigenvalue weighted by Gasteiger charge is -2.15. The molecule has 1 amide bonds. The number of carbonyl (C=O) groups is 1. The van der Waals surface area contributed by atoms with E-state index in [0.29, 0.717) is 17.5 Å². The van der Waals surface area contributed by atoms with Crippen molar-refractivity contribution in [1.82, 2.24) is 25.5 Å². The molecule has 0 aliphatic heterocycles. The molecule has 8 heteroatoms. The Bertz CT molecular complexity index is 1410. The average Bonchev–Trinajstić information content (AvgIpc) is 3.48. The number of H-pyrrole nitrogens is 2. The molecule has 2 heterocycles. The molecule has 5 aromatic rings. The molecule has 4 N–H and O–H groups in total. The van der Waals surface area contributed by atoms with Crippen LogP contribution in [0.3, 0.4) is 0 Å². The van der Waals surface area contributed by atoms with Gasteiger partial charge < -0.3 is 15.4 Å². The van der Waals surface area contributed by atoms with Gasteiger partial charge in [0.1, 0.15) is 5.52 Å². The predicted molar refractivity (Wildman–Crippen MR) is 120 cm³/mol. The summed E-state index contributed by atoms with van der Waals surface area (Å²) in [4.78, 5) is 19.7. The van der Waals surface area contributed by atoms with Gasteiger partial charge in [-0.2, -0.15) is 5.10 Å². The fraction of sp³-hybridized carbons (Fsp3) is 0.125. The second-order valence-electron chi connectivity index (χ2n) is 7.65. The minimum Gasteiger partial charge on any atom is -0.394 e. The van der Waals surface area contributed by atoms with E-state index >= 15 is 0 Å². The molecule has 160 valence electrons. The van der Waals surface area contributed by atoms with E-state index in [2.05, 4.69) is 25.5 Å². The molecular weight excluding hydrogens is 409 g/mol. The van der Waals surface area contributed by atoms with Crippen LogP contribution in [0.2, 0.25) is 0 Å². The topological polar surface area (TPSA) is 107 Å². The summed E-state index contributed by atoms with van der Waals surface area (Å²) < 4.78 is 14.8. The van der Waals surface area contributed by atoms with Crippen LogP contribution in [0.4, 0.5) is 4.39 Å². The fourth-order valence-electron chi connectivity index (χ4n) is 3.86. The number of rotatable bonds is 6. The maximum atomic E-state index is 14.8. The maximum absolute atomic E-state index is 14.8. The quantitative estimate of drug-likeness (QED) is 0.331. The normalized spacial score (nSPS) is 12.3. The van der Waals surface area contributed by atoms with Gasteiger partial charge in [0.15, 0.2) is 5.82 Å². The largest absolute Gasteiger partial charge is 0.394 e. The third-order valence-corrected chi connectivity index (χ3v) is 5.49. The molecule has 0 aliphatic carbocycles. The standard InChI is InChI=1S/C24H20FN5O2/c25-21-9-17(24(32)28-19(12-31)10-18-11-26-13-27-18)8-20-22(29-30-23(20)21)16-6-5-14-3-1-2-4-15(14)7-16/h1-9,11,13,19,31H,10,12H2,(H,26,27)(H,28,32)(H,29,30). The SMILES string of the molecule is O=C(NC(CO)Cc1cnc[nH]1)c1cc(F)c2n[nH]c(-c3ccc4ccccc4c3)c2c1. The van der Waals surface area contributed by atoms with Gasteiger partial charge in [0, 0.05) is 34.8 Å². The van der Waals surface area contributed by atoms with Crippen LogP contribution in [-0.2, 0) is 6.42 Å². The first-order chi connectivity index (χ1) is 15.6. The van der Waals surface area contributed by atoms with Crippen molar-refractivity contribution in [1.29, 1.82) is 0 Å². The average molecular weight is 429 g/mol. The number of amides is 1. The van der Waals surface area contributed by atoms with E-state index in [-0.39, 0.29) is 17.7 Å². The van der Waals surface area contributed by atoms with E-state index in [1.165, 1.54) is 6.33 Å². The summed E-state index contributed by atoms with van der Waals surface area (Å²) in [5, 5.41) is 22.1. The van der Waals surface area contributed by atoms with Crippen molar-refractivity contribution in [3.63, 3.8) is 0 Å². The lowest BCUT2D eigenvalue weighted by atomic mass is 10.0. The number of nitrogens with one attached hydrogen (secondary N) is 3. The van der Waals surface area contributed by atoms with E-state index in [1.54, 1.807) is 12.3 Å². The van der Waals surface area contributed by atoms with E-state index < -0.39 is 17.8 Å². The van der Waals surface area contributed by atoms with Crippen molar-refractivity contribution in [3.05, 3.63) is 84.2 Å². The first-order valence-electron chi connectivity index (χ1n) is 10.2. The summed E-state index contributed by atoms with van der Waals surface area (Å²) in [5.41, 5.74) is 2.58. The summed E-state index contributed by atoms with van der Waals surface area (Å²) in [7, 11) is 0. The number of halogens is 1. The molecule has 5 rings (SSSR count). The van der Waals surface area contributed by atoms with Crippen LogP contribution in [0.1, 0.15) is 16.1 Å². The van der Waals surface area contributed by atoms with E-state index in [1.807, 2.05) is 42.5 Å². The second-order valence-corrected chi connectivity index (χ2v) is 7.65. The van der Waals surface area contributed by atoms with E-state index in [4.69, 9.17) is 0 Å². The Morgan fingerprint density at radius 3 is 2.75 bits per heavy atom. The first kappa shape index (κ1) is 19.9. The molecular formula is C24H20FN5O2. The lowest BCUT2D eigenvalue weighted by molar-refractivity contribution is 0.0916. The molecule has 1 unspecified atom stereocenters. The molecule has 0 aliphatic rings. The smallest absolute Gasteiger partial charge is 0.251 e. The molecule has 0 spiro atoms. The molecule has 7 nitrogen and oxygen atoms in total. The summed E-state index contributed by atoms with van der Waals surface area (Å²) in [6, 6.07) is 16.1. The molecule has 0 fully saturated rings. The Morgan fingerprint density at radius 2 is 1.97 bits per heavy atom. The number of aliphatic hydroxyl groups excluding tert-OH is 1. The first-order valence-corrected chi connectivity index (χ1v) is 10.2. The minimum absolute atomic E-state index is 0.154. The number of carbonyl (C=O) groups excluding carboxylic acids is 1. The minimum atomic E-state index is -0.593. The van der Waals surface area contributed by atoms with Gasteiger partial charge in [-0.3, -0.25) is 9.89 Å². The third kappa shape index (κ3) is 3.72. The molecule has 0 saturated carbocycles. The zero-order chi connectivity index (χ0) is 22.1. The van der Waals surface area contributed by atoms with Crippen molar-refractivity contribution in [2.45, 2.75) is 12.5 Å². The number of imidazole rings is 1. The molecule has 0 bridgehead atoms. The Balaban J connectivity index is 1.48. The fourth-order valence-corrected chi connectivity index (χ4v) is 3.86. The Kier molecular flexibility index (Phi) is 5.12. The van der Waals surface area contributed by atoms with Gasteiger partial charge in [0.05, 0.1) is 24.7 Å². The molecule has 1 atom stereocenters. The molecule has 32 heavy (non-hydrogen) atoms. The number of hydrogen-bond donors (Lipinski definition) is 4. The van der Waals surface area contributed by atoms with Gasteiger partial charge in [-0.1, -0.05) is 36.4 Å². The number of aliphatic hydroxyl groups is 1. The van der Waals surface area contributed by atoms with Crippen molar-refractivity contribution in [2.75, 3.05) is 6.61 Å². The molecule has 3 aromatic carbocycles. The zero-order valence-corrected chi connectivity index (χ0v) is 17.0. The van der Waals surface area contributed by atoms with Gasteiger partial charge in [-0.25, -0.2) is 9.37 Å². The summed E-state index contributed by atoms with van der Waals surface area (Å²) >= 11 is 0. The summed E-state index contributed by atoms with van der Waals surface area (Å²) in [6.07, 6.45) is 3.53. The van der Waals surface area contributed by atoms with Crippen LogP contribution in [0, 0.1) is 5.82 Å². The van der Waals surface area contributed by atoms with Crippen molar-refractivity contribution in [3.8, 4) is 11.3 Å². The number of nitrogens with zero attached hydrogens (tertiary/aromatic N) is 2. The van der Waals surface area contributed by atoms with Crippen molar-refractivity contribution < 1.29 is 14.3 Å². The Labute approximate surface area is 182 Å². The molecule has 0 radical (unpaired) electrons. The number of hydrogen-bond acceptors (Lipinski definition) is 4. The summed E-state index contributed by atoms with van der Waals surface area (Å²) in [5.74, 6) is -1.07. The van der Waals surface area contributed by atoms with Crippen LogP contribution in [0.5, 0.6) is 0 Å². The van der Waals surface area contributed by atoms with E-state index in [0.717, 1.165) is 28.1 Å². The number of fused-ring (bicyclic) bond motifs is 2. The number of aromatic amines is 2. The molecule has 2 aromatic heterocycles. The van der Waals surface area contributed by atoms with Crippen LogP contribution >= 0.6 is 0 Å². The van der Waals surface area contributed by atoms with Crippen molar-refractivity contribution in [2.24, 2.45) is 0 Å². The highest BCUT2D eigenvalue weighted by Crippen LogP contribution is 2.31. The highest BCUT2D eigenvalue weighted by molar-refractivity contribution is 6.02. The van der Waals surface area contributed by atoms with Gasteiger partial charge in [0.2, 0.25) is 0 Å². The van der Waals surface area contributed by atoms with Gasteiger partial charge in [-0.05, 0) is 29.0 Å². The van der Waals surface area contributed by atoms with Crippen LogP contribution in [-0.4, -0.2) is 43.8 Å². The number of benzene rings is 3. The van der Waals surface area contributed by atoms with Crippen molar-refractivity contribution >= 4 is 27.6 Å². The maximum Gasteiger partial charge on any atom is 0.251 e. The monoisotopic (exact) mass is 429 g/mol. The van der Waals surface area contributed by atoms with Crippen LogP contribution < -0.4 is 5.32 Å². The van der Waals surface area contributed by atoms with E-state index in [9.17, 15) is 14.3 Å². The Hall–Kier alpha value is -4.04. The highest BCUT2D eigenvalue weighted by atomic mass is 19.1. The van der Waals surface area contributed by atoms with Gasteiger partial charge in [-0.15, -0.1) is 0 Å². The van der Waals surface area contributed by atoms with Gasteiger partial charge >= 0.3 is 0 Å². The van der Waals surface area contributed by atoms with Gasteiger partial charge in [0.25, 0.3) is 5.91 Å². The molecule has 0 saturated heterocycles. The Morgan fingerprint density at radius 1 is 1.12 bits per heavy atom. The summed E-state index contributed by atoms with van der Waals surface area (Å²) in [6.45, 7) is -0.260. The number of aromatic nitrogens is 4. The highest BCUT2D eigenvalue weighted by Gasteiger charge is 2.19. The lowest BCUT2D eigenvalue weighted by Crippen LogP contribution is -2.39. The second kappa shape index (κ2) is 8.24. The van der Waals surface area contributed by atoms with Crippen LogP contribution in [0.15, 0.2) is 67.1 Å². The van der Waals surface area contributed by atoms with Crippen LogP contribution in [0.25, 0.3) is 32.9 Å². The predicted octanol–water partition coefficient (Wildman–Crippen LogP) is 3.58.